The minimum atomic E-state index is -0.482. The molecule has 0 fully saturated rings. The summed E-state index contributed by atoms with van der Waals surface area (Å²) in [7, 11) is 0. The first-order chi connectivity index (χ1) is 12.5. The van der Waals surface area contributed by atoms with E-state index in [9.17, 15) is 14.9 Å². The number of terminal acetylenes is 1. The molecular weight excluding hydrogens is 394 g/mol. The molecule has 0 spiro atoms. The van der Waals surface area contributed by atoms with E-state index in [1.54, 1.807) is 22.8 Å². The molecule has 0 saturated carbocycles. The van der Waals surface area contributed by atoms with Crippen LogP contribution < -0.4 is 4.80 Å². The van der Waals surface area contributed by atoms with Crippen molar-refractivity contribution in [2.45, 2.75) is 6.54 Å². The van der Waals surface area contributed by atoms with Crippen molar-refractivity contribution in [2.75, 3.05) is 0 Å². The normalized spacial score (nSPS) is 11.9. The number of nitro groups is 1. The second-order valence-corrected chi connectivity index (χ2v) is 7.54. The highest BCUT2D eigenvalue weighted by Crippen LogP contribution is 2.25. The monoisotopic (exact) mass is 403 g/mol. The largest absolute Gasteiger partial charge is 0.324 e. The van der Waals surface area contributed by atoms with Crippen molar-refractivity contribution in [3.8, 4) is 12.3 Å². The molecule has 6 nitrogen and oxygen atoms in total. The average molecular weight is 404 g/mol. The predicted molar refractivity (Wildman–Crippen MR) is 104 cm³/mol. The number of amides is 1. The zero-order valence-corrected chi connectivity index (χ0v) is 15.5. The second kappa shape index (κ2) is 7.66. The fourth-order valence-corrected chi connectivity index (χ4v) is 4.23. The van der Waals surface area contributed by atoms with Gasteiger partial charge in [-0.05, 0) is 30.3 Å². The van der Waals surface area contributed by atoms with E-state index >= 15 is 0 Å². The topological polar surface area (TPSA) is 77.5 Å². The Morgan fingerprint density at radius 3 is 2.88 bits per heavy atom. The summed E-state index contributed by atoms with van der Waals surface area (Å²) in [6, 6.07) is 8.34. The van der Waals surface area contributed by atoms with Gasteiger partial charge in [-0.15, -0.1) is 6.42 Å². The molecule has 0 bridgehead atoms. The molecule has 130 valence electrons. The Labute approximate surface area is 160 Å². The summed E-state index contributed by atoms with van der Waals surface area (Å²) in [5.74, 6) is 2.06. The summed E-state index contributed by atoms with van der Waals surface area (Å²) < 4.78 is 2.63. The first-order valence-corrected chi connectivity index (χ1v) is 9.22. The summed E-state index contributed by atoms with van der Waals surface area (Å²) in [5, 5.41) is 11.3. The van der Waals surface area contributed by atoms with E-state index in [-0.39, 0.29) is 11.5 Å². The molecule has 3 aromatic rings. The van der Waals surface area contributed by atoms with Crippen LogP contribution in [-0.2, 0) is 11.3 Å². The molecular formula is C17H10ClN3O3S2. The van der Waals surface area contributed by atoms with Crippen LogP contribution in [0.1, 0.15) is 4.88 Å². The van der Waals surface area contributed by atoms with Crippen molar-refractivity contribution in [2.24, 2.45) is 4.99 Å². The van der Waals surface area contributed by atoms with E-state index in [2.05, 4.69) is 10.9 Å². The Morgan fingerprint density at radius 2 is 2.19 bits per heavy atom. The zero-order chi connectivity index (χ0) is 18.7. The molecule has 0 aliphatic heterocycles. The Hall–Kier alpha value is -2.73. The van der Waals surface area contributed by atoms with Crippen LogP contribution in [0.4, 0.5) is 5.00 Å². The summed E-state index contributed by atoms with van der Waals surface area (Å²) in [4.78, 5) is 27.5. The van der Waals surface area contributed by atoms with Crippen LogP contribution in [-0.4, -0.2) is 15.4 Å². The second-order valence-electron chi connectivity index (χ2n) is 5.00. The number of thiazole rings is 1. The molecule has 1 aromatic carbocycles. The van der Waals surface area contributed by atoms with E-state index in [0.717, 1.165) is 21.6 Å². The lowest BCUT2D eigenvalue weighted by Crippen LogP contribution is -2.15. The van der Waals surface area contributed by atoms with Crippen molar-refractivity contribution in [3.05, 3.63) is 61.2 Å². The lowest BCUT2D eigenvalue weighted by Gasteiger charge is -1.99. The maximum atomic E-state index is 12.2. The smallest absolute Gasteiger partial charge is 0.305 e. The van der Waals surface area contributed by atoms with Crippen LogP contribution >= 0.6 is 34.3 Å². The van der Waals surface area contributed by atoms with E-state index in [0.29, 0.717) is 14.7 Å². The number of carbonyl (C=O) groups excluding carboxylic acids is 1. The van der Waals surface area contributed by atoms with Gasteiger partial charge in [-0.2, -0.15) is 4.99 Å². The van der Waals surface area contributed by atoms with Gasteiger partial charge in [-0.3, -0.25) is 14.9 Å². The van der Waals surface area contributed by atoms with Gasteiger partial charge in [-0.1, -0.05) is 40.2 Å². The third kappa shape index (κ3) is 3.91. The van der Waals surface area contributed by atoms with Crippen molar-refractivity contribution in [1.82, 2.24) is 4.57 Å². The summed E-state index contributed by atoms with van der Waals surface area (Å²) in [6.45, 7) is 0.272. The number of nitrogens with zero attached hydrogens (tertiary/aromatic N) is 3. The van der Waals surface area contributed by atoms with E-state index < -0.39 is 10.8 Å². The molecule has 2 heterocycles. The van der Waals surface area contributed by atoms with E-state index in [1.165, 1.54) is 29.6 Å². The number of aromatic nitrogens is 1. The lowest BCUT2D eigenvalue weighted by molar-refractivity contribution is -0.380. The number of hydrogen-bond acceptors (Lipinski definition) is 5. The van der Waals surface area contributed by atoms with Crippen LogP contribution in [0.25, 0.3) is 16.3 Å². The summed E-state index contributed by atoms with van der Waals surface area (Å²) >= 11 is 8.30. The molecule has 0 aliphatic carbocycles. The number of thiophene rings is 1. The van der Waals surface area contributed by atoms with Crippen molar-refractivity contribution < 1.29 is 9.72 Å². The number of fused-ring (bicyclic) bond motifs is 1. The maximum Gasteiger partial charge on any atom is 0.324 e. The minimum Gasteiger partial charge on any atom is -0.305 e. The number of hydrogen-bond donors (Lipinski definition) is 0. The van der Waals surface area contributed by atoms with E-state index in [1.807, 2.05) is 6.07 Å². The van der Waals surface area contributed by atoms with Gasteiger partial charge < -0.3 is 4.57 Å². The number of carbonyl (C=O) groups is 1. The standard InChI is InChI=1S/C17H10ClN3O3S2/c1-2-9-20-13-6-3-11(18)10-14(13)26-17(20)19-15(22)7-4-12-5-8-16(25-12)21(23)24/h1,3-8,10H,9H2. The van der Waals surface area contributed by atoms with Crippen LogP contribution in [0.2, 0.25) is 5.02 Å². The molecule has 9 heteroatoms. The van der Waals surface area contributed by atoms with Crippen LogP contribution in [0.15, 0.2) is 41.4 Å². The zero-order valence-electron chi connectivity index (χ0n) is 13.1. The van der Waals surface area contributed by atoms with Gasteiger partial charge in [0.15, 0.2) is 4.80 Å². The summed E-state index contributed by atoms with van der Waals surface area (Å²) in [6.07, 6.45) is 8.19. The Kier molecular flexibility index (Phi) is 5.32. The van der Waals surface area contributed by atoms with Crippen LogP contribution in [0.3, 0.4) is 0 Å². The molecule has 3 rings (SSSR count). The third-order valence-electron chi connectivity index (χ3n) is 3.28. The molecule has 26 heavy (non-hydrogen) atoms. The van der Waals surface area contributed by atoms with Gasteiger partial charge in [0.2, 0.25) is 0 Å². The Bertz CT molecular complexity index is 1150. The van der Waals surface area contributed by atoms with Gasteiger partial charge in [0.05, 0.1) is 21.7 Å². The highest BCUT2D eigenvalue weighted by molar-refractivity contribution is 7.16. The average Bonchev–Trinajstić information content (AvgIpc) is 3.19. The first-order valence-electron chi connectivity index (χ1n) is 7.21. The van der Waals surface area contributed by atoms with Crippen molar-refractivity contribution in [3.63, 3.8) is 0 Å². The maximum absolute atomic E-state index is 12.2. The van der Waals surface area contributed by atoms with Crippen LogP contribution in [0, 0.1) is 22.5 Å². The van der Waals surface area contributed by atoms with Gasteiger partial charge in [0, 0.05) is 22.0 Å². The quantitative estimate of drug-likeness (QED) is 0.285. The lowest BCUT2D eigenvalue weighted by atomic mass is 10.3. The first kappa shape index (κ1) is 18.1. The van der Waals surface area contributed by atoms with Crippen molar-refractivity contribution >= 4 is 61.5 Å². The molecule has 0 N–H and O–H groups in total. The number of halogens is 1. The summed E-state index contributed by atoms with van der Waals surface area (Å²) in [5.41, 5.74) is 0.849. The fourth-order valence-electron chi connectivity index (χ4n) is 2.19. The SMILES string of the molecule is C#CCn1c(=NC(=O)C=Cc2ccc([N+](=O)[O-])s2)sc2cc(Cl)ccc21. The van der Waals surface area contributed by atoms with Gasteiger partial charge in [0.25, 0.3) is 5.91 Å². The molecule has 0 unspecified atom stereocenters. The van der Waals surface area contributed by atoms with Gasteiger partial charge >= 0.3 is 5.00 Å². The van der Waals surface area contributed by atoms with Gasteiger partial charge in [-0.25, -0.2) is 0 Å². The Morgan fingerprint density at radius 1 is 1.38 bits per heavy atom. The van der Waals surface area contributed by atoms with E-state index in [4.69, 9.17) is 18.0 Å². The Balaban J connectivity index is 1.94. The molecule has 1 amide bonds. The highest BCUT2D eigenvalue weighted by atomic mass is 35.5. The number of rotatable bonds is 4. The molecule has 0 aliphatic rings. The van der Waals surface area contributed by atoms with Crippen molar-refractivity contribution in [1.29, 1.82) is 0 Å². The molecule has 0 saturated heterocycles. The molecule has 0 atom stereocenters. The van der Waals surface area contributed by atoms with Crippen LogP contribution in [0.5, 0.6) is 0 Å². The van der Waals surface area contributed by atoms with Gasteiger partial charge in [0.1, 0.15) is 0 Å². The third-order valence-corrected chi connectivity index (χ3v) is 5.56. The number of benzene rings is 1. The predicted octanol–water partition coefficient (Wildman–Crippen LogP) is 4.10. The highest BCUT2D eigenvalue weighted by Gasteiger charge is 2.09. The molecule has 2 aromatic heterocycles. The minimum absolute atomic E-state index is 0.0160. The fraction of sp³-hybridized carbons (Fsp3) is 0.0588. The molecule has 0 radical (unpaired) electrons.